The molecule has 0 radical (unpaired) electrons. The van der Waals surface area contributed by atoms with E-state index in [0.29, 0.717) is 0 Å². The van der Waals surface area contributed by atoms with E-state index < -0.39 is 0 Å². The number of hydrogen-bond donors (Lipinski definition) is 0. The van der Waals surface area contributed by atoms with Gasteiger partial charge in [0.15, 0.2) is 0 Å². The first-order valence-electron chi connectivity index (χ1n) is 4.31. The van der Waals surface area contributed by atoms with Crippen LogP contribution in [0.5, 0.6) is 0 Å². The molecule has 2 rings (SSSR count). The molecule has 0 bridgehead atoms. The van der Waals surface area contributed by atoms with Crippen molar-refractivity contribution in [1.29, 1.82) is 0 Å². The fraction of sp³-hybridized carbons (Fsp3) is 0.667. The van der Waals surface area contributed by atoms with Gasteiger partial charge in [-0.25, -0.2) is 0 Å². The van der Waals surface area contributed by atoms with Crippen LogP contribution >= 0.6 is 0 Å². The Morgan fingerprint density at radius 2 is 2.33 bits per heavy atom. The zero-order valence-corrected chi connectivity index (χ0v) is 7.08. The van der Waals surface area contributed by atoms with Gasteiger partial charge in [0.25, 0.3) is 0 Å². The highest BCUT2D eigenvalue weighted by molar-refractivity contribution is 5.87. The molecule has 66 valence electrons. The van der Waals surface area contributed by atoms with E-state index in [-0.39, 0.29) is 11.5 Å². The van der Waals surface area contributed by atoms with Gasteiger partial charge in [-0.1, -0.05) is 6.58 Å². The van der Waals surface area contributed by atoms with Gasteiger partial charge in [0, 0.05) is 6.61 Å². The van der Waals surface area contributed by atoms with E-state index in [1.807, 2.05) is 0 Å². The van der Waals surface area contributed by atoms with Crippen LogP contribution in [0.25, 0.3) is 0 Å². The summed E-state index contributed by atoms with van der Waals surface area (Å²) >= 11 is 0. The summed E-state index contributed by atoms with van der Waals surface area (Å²) in [5.74, 6) is 0.0242. The predicted molar refractivity (Wildman–Crippen MR) is 44.7 cm³/mol. The molecule has 2 fully saturated rings. The van der Waals surface area contributed by atoms with E-state index in [4.69, 9.17) is 4.74 Å². The van der Waals surface area contributed by atoms with E-state index in [9.17, 15) is 4.79 Å². The predicted octanol–water partition coefficient (Wildman–Crippen LogP) is 0.564. The summed E-state index contributed by atoms with van der Waals surface area (Å²) in [4.78, 5) is 12.9. The van der Waals surface area contributed by atoms with Crippen LogP contribution in [-0.2, 0) is 9.53 Å². The van der Waals surface area contributed by atoms with Crippen LogP contribution in [0.4, 0.5) is 0 Å². The molecular weight excluding hydrogens is 154 g/mol. The van der Waals surface area contributed by atoms with Gasteiger partial charge in [0.1, 0.15) is 5.60 Å². The fourth-order valence-electron chi connectivity index (χ4n) is 1.94. The fourth-order valence-corrected chi connectivity index (χ4v) is 1.94. The summed E-state index contributed by atoms with van der Waals surface area (Å²) in [6.45, 7) is 5.83. The molecule has 0 unspecified atom stereocenters. The number of nitrogens with zero attached hydrogens (tertiary/aromatic N) is 1. The van der Waals surface area contributed by atoms with Gasteiger partial charge >= 0.3 is 0 Å². The molecule has 2 aliphatic rings. The zero-order valence-electron chi connectivity index (χ0n) is 7.08. The lowest BCUT2D eigenvalue weighted by Crippen LogP contribution is -2.62. The third kappa shape index (κ3) is 1.05. The summed E-state index contributed by atoms with van der Waals surface area (Å²) in [6.07, 6.45) is 3.60. The molecule has 0 aromatic carbocycles. The molecule has 3 nitrogen and oxygen atoms in total. The monoisotopic (exact) mass is 167 g/mol. The van der Waals surface area contributed by atoms with Crippen LogP contribution in [0, 0.1) is 0 Å². The summed E-state index contributed by atoms with van der Waals surface area (Å²) < 4.78 is 5.57. The minimum atomic E-state index is 0.0242. The lowest BCUT2D eigenvalue weighted by atomic mass is 9.91. The van der Waals surface area contributed by atoms with Crippen molar-refractivity contribution in [3.05, 3.63) is 12.7 Å². The van der Waals surface area contributed by atoms with Crippen molar-refractivity contribution in [3.63, 3.8) is 0 Å². The topological polar surface area (TPSA) is 29.5 Å². The molecule has 1 spiro atoms. The highest BCUT2D eigenvalue weighted by Crippen LogP contribution is 2.34. The lowest BCUT2D eigenvalue weighted by molar-refractivity contribution is -0.152. The third-order valence-electron chi connectivity index (χ3n) is 2.63. The minimum absolute atomic E-state index is 0.0242. The molecule has 0 aliphatic carbocycles. The first-order valence-corrected chi connectivity index (χ1v) is 4.31. The van der Waals surface area contributed by atoms with Crippen molar-refractivity contribution >= 4 is 5.91 Å². The maximum Gasteiger partial charge on any atom is 0.246 e. The number of likely N-dealkylation sites (tertiary alicyclic amines) is 1. The van der Waals surface area contributed by atoms with Gasteiger partial charge in [0.05, 0.1) is 13.1 Å². The Balaban J connectivity index is 1.90. The van der Waals surface area contributed by atoms with Crippen LogP contribution in [0.3, 0.4) is 0 Å². The second-order valence-electron chi connectivity index (χ2n) is 3.53. The Morgan fingerprint density at radius 3 is 2.83 bits per heavy atom. The number of carbonyl (C=O) groups is 1. The lowest BCUT2D eigenvalue weighted by Gasteiger charge is -2.46. The van der Waals surface area contributed by atoms with Crippen molar-refractivity contribution in [3.8, 4) is 0 Å². The first-order chi connectivity index (χ1) is 5.76. The minimum Gasteiger partial charge on any atom is -0.371 e. The molecule has 0 aromatic heterocycles. The van der Waals surface area contributed by atoms with Crippen LogP contribution in [0.2, 0.25) is 0 Å². The van der Waals surface area contributed by atoms with Gasteiger partial charge in [-0.2, -0.15) is 0 Å². The summed E-state index contributed by atoms with van der Waals surface area (Å²) in [5.41, 5.74) is 0.0265. The third-order valence-corrected chi connectivity index (χ3v) is 2.63. The van der Waals surface area contributed by atoms with E-state index >= 15 is 0 Å². The van der Waals surface area contributed by atoms with Gasteiger partial charge in [-0.05, 0) is 18.9 Å². The Morgan fingerprint density at radius 1 is 1.58 bits per heavy atom. The largest absolute Gasteiger partial charge is 0.371 e. The maximum atomic E-state index is 11.1. The van der Waals surface area contributed by atoms with Crippen molar-refractivity contribution in [2.45, 2.75) is 18.4 Å². The van der Waals surface area contributed by atoms with E-state index in [1.54, 1.807) is 4.90 Å². The molecule has 1 amide bonds. The average molecular weight is 167 g/mol. The van der Waals surface area contributed by atoms with Crippen LogP contribution in [0.1, 0.15) is 12.8 Å². The second kappa shape index (κ2) is 2.59. The molecule has 2 aliphatic heterocycles. The van der Waals surface area contributed by atoms with Gasteiger partial charge in [0.2, 0.25) is 5.91 Å². The van der Waals surface area contributed by atoms with Crippen molar-refractivity contribution in [1.82, 2.24) is 4.90 Å². The zero-order chi connectivity index (χ0) is 8.60. The molecule has 0 aromatic rings. The van der Waals surface area contributed by atoms with Crippen LogP contribution in [0.15, 0.2) is 12.7 Å². The summed E-state index contributed by atoms with van der Waals surface area (Å²) in [7, 11) is 0. The number of ether oxygens (including phenoxy) is 1. The standard InChI is InChI=1S/C9H13NO2/c1-2-8(11)10-6-9(7-10)4-3-5-12-9/h2H,1,3-7H2. The van der Waals surface area contributed by atoms with Gasteiger partial charge < -0.3 is 9.64 Å². The van der Waals surface area contributed by atoms with Crippen LogP contribution in [-0.4, -0.2) is 36.1 Å². The Bertz CT molecular complexity index is 211. The Hall–Kier alpha value is -0.830. The molecule has 2 saturated heterocycles. The highest BCUT2D eigenvalue weighted by Gasteiger charge is 2.47. The van der Waals surface area contributed by atoms with Gasteiger partial charge in [-0.3, -0.25) is 4.79 Å². The Kier molecular flexibility index (Phi) is 1.68. The quantitative estimate of drug-likeness (QED) is 0.534. The smallest absolute Gasteiger partial charge is 0.246 e. The normalized spacial score (nSPS) is 25.5. The molecule has 12 heavy (non-hydrogen) atoms. The number of carbonyl (C=O) groups excluding carboxylic acids is 1. The molecule has 0 N–H and O–H groups in total. The highest BCUT2D eigenvalue weighted by atomic mass is 16.5. The number of rotatable bonds is 1. The maximum absolute atomic E-state index is 11.1. The molecule has 0 saturated carbocycles. The Labute approximate surface area is 72.0 Å². The van der Waals surface area contributed by atoms with E-state index in [2.05, 4.69) is 6.58 Å². The summed E-state index contributed by atoms with van der Waals surface area (Å²) in [6, 6.07) is 0. The molecular formula is C9H13NO2. The van der Waals surface area contributed by atoms with Crippen LogP contribution < -0.4 is 0 Å². The van der Waals surface area contributed by atoms with Crippen molar-refractivity contribution < 1.29 is 9.53 Å². The number of amides is 1. The van der Waals surface area contributed by atoms with E-state index in [0.717, 1.165) is 32.5 Å². The summed E-state index contributed by atoms with van der Waals surface area (Å²) in [5, 5.41) is 0. The average Bonchev–Trinajstić information content (AvgIpc) is 2.48. The second-order valence-corrected chi connectivity index (χ2v) is 3.53. The number of hydrogen-bond acceptors (Lipinski definition) is 2. The molecule has 3 heteroatoms. The molecule has 2 heterocycles. The van der Waals surface area contributed by atoms with Crippen molar-refractivity contribution in [2.75, 3.05) is 19.7 Å². The first kappa shape index (κ1) is 7.80. The van der Waals surface area contributed by atoms with E-state index in [1.165, 1.54) is 6.08 Å². The van der Waals surface area contributed by atoms with Crippen molar-refractivity contribution in [2.24, 2.45) is 0 Å². The molecule has 0 atom stereocenters. The SMILES string of the molecule is C=CC(=O)N1CC2(CCCO2)C1. The van der Waals surface area contributed by atoms with Gasteiger partial charge in [-0.15, -0.1) is 0 Å².